The first-order valence-electron chi connectivity index (χ1n) is 19.2. The van der Waals surface area contributed by atoms with Crippen molar-refractivity contribution in [3.05, 3.63) is 43.0 Å². The second-order valence-corrected chi connectivity index (χ2v) is 20.5. The fourth-order valence-corrected chi connectivity index (χ4v) is 7.89. The molecule has 1 saturated carbocycles. The van der Waals surface area contributed by atoms with Crippen LogP contribution in [-0.4, -0.2) is 104 Å². The number of ether oxygens (including phenoxy) is 7. The summed E-state index contributed by atoms with van der Waals surface area (Å²) < 4.78 is 47.4. The summed E-state index contributed by atoms with van der Waals surface area (Å²) in [7, 11) is 2.63. The normalized spacial score (nSPS) is 19.4. The van der Waals surface area contributed by atoms with Gasteiger partial charge in [-0.3, -0.25) is 4.79 Å². The van der Waals surface area contributed by atoms with Crippen LogP contribution in [0, 0.1) is 5.92 Å². The molecule has 2 fully saturated rings. The van der Waals surface area contributed by atoms with Crippen molar-refractivity contribution in [3.63, 3.8) is 0 Å². The molecular formula is C41H67NO10Si. The van der Waals surface area contributed by atoms with E-state index < -0.39 is 38.5 Å². The van der Waals surface area contributed by atoms with Gasteiger partial charge in [-0.1, -0.05) is 52.2 Å². The van der Waals surface area contributed by atoms with Gasteiger partial charge in [0.25, 0.3) is 0 Å². The maximum absolute atomic E-state index is 14.9. The summed E-state index contributed by atoms with van der Waals surface area (Å²) in [6, 6.07) is 3.08. The van der Waals surface area contributed by atoms with Crippen LogP contribution < -0.4 is 14.2 Å². The molecule has 1 aliphatic carbocycles. The van der Waals surface area contributed by atoms with Gasteiger partial charge in [-0.25, -0.2) is 4.79 Å². The first kappa shape index (κ1) is 44.5. The Labute approximate surface area is 319 Å². The molecule has 300 valence electrons. The van der Waals surface area contributed by atoms with Crippen molar-refractivity contribution in [3.8, 4) is 17.2 Å². The zero-order valence-corrected chi connectivity index (χ0v) is 34.9. The number of methoxy groups -OCH3 is 3. The van der Waals surface area contributed by atoms with Gasteiger partial charge in [0.05, 0.1) is 33.4 Å². The fourth-order valence-electron chi connectivity index (χ4n) is 6.86. The number of benzene rings is 1. The number of piperidine rings is 1. The zero-order chi connectivity index (χ0) is 39.2. The van der Waals surface area contributed by atoms with E-state index in [0.29, 0.717) is 43.4 Å². The van der Waals surface area contributed by atoms with Crippen molar-refractivity contribution in [2.45, 2.75) is 127 Å². The van der Waals surface area contributed by atoms with E-state index in [2.05, 4.69) is 47.0 Å². The molecular weight excluding hydrogens is 695 g/mol. The average Bonchev–Trinajstić information content (AvgIpc) is 3.14. The third-order valence-electron chi connectivity index (χ3n) is 11.0. The van der Waals surface area contributed by atoms with E-state index in [1.807, 2.05) is 12.1 Å². The van der Waals surface area contributed by atoms with Crippen molar-refractivity contribution in [2.24, 2.45) is 5.92 Å². The Morgan fingerprint density at radius 2 is 1.62 bits per heavy atom. The lowest BCUT2D eigenvalue weighted by Gasteiger charge is -2.40. The molecule has 0 bridgehead atoms. The Hall–Kier alpha value is -2.90. The highest BCUT2D eigenvalue weighted by Gasteiger charge is 2.42. The molecule has 12 heteroatoms. The van der Waals surface area contributed by atoms with Crippen LogP contribution in [0.1, 0.15) is 90.5 Å². The molecule has 1 aliphatic heterocycles. The molecule has 0 radical (unpaired) electrons. The first-order chi connectivity index (χ1) is 25.2. The standard InChI is InChI=1S/C41H67NO10Si/c1-12-23-48-32(27-51-53(10,11)41(4,5)6)26-49-36-25-31(24-35(46-8)38(36)47-9)37(30-19-15-14-16-20-30)39(43)42-22-18-17-21-33(42)40(44)52-29(3)34(13-2)50-28-45-7/h12-13,24-25,29-30,32-34,37H,1-2,14-23,26-28H2,3-11H3/t29-,32+,33+,34+,37+/m1/s1. The Morgan fingerprint density at radius 3 is 2.23 bits per heavy atom. The lowest BCUT2D eigenvalue weighted by molar-refractivity contribution is -0.169. The highest BCUT2D eigenvalue weighted by Crippen LogP contribution is 2.45. The van der Waals surface area contributed by atoms with Crippen LogP contribution in [0.4, 0.5) is 0 Å². The topological polar surface area (TPSA) is 111 Å². The summed E-state index contributed by atoms with van der Waals surface area (Å²) in [5.41, 5.74) is 0.765. The van der Waals surface area contributed by atoms with Crippen LogP contribution in [-0.2, 0) is 33.0 Å². The summed E-state index contributed by atoms with van der Waals surface area (Å²) in [4.78, 5) is 30.5. The molecule has 2 aliphatic rings. The maximum Gasteiger partial charge on any atom is 0.329 e. The summed E-state index contributed by atoms with van der Waals surface area (Å²) in [6.07, 6.45) is 8.92. The number of rotatable bonds is 21. The lowest BCUT2D eigenvalue weighted by Crippen LogP contribution is -2.52. The van der Waals surface area contributed by atoms with E-state index in [0.717, 1.165) is 50.5 Å². The molecule has 0 unspecified atom stereocenters. The van der Waals surface area contributed by atoms with Gasteiger partial charge >= 0.3 is 5.97 Å². The van der Waals surface area contributed by atoms with Gasteiger partial charge in [0.1, 0.15) is 37.8 Å². The number of nitrogens with zero attached hydrogens (tertiary/aromatic N) is 1. The number of carbonyl (C=O) groups excluding carboxylic acids is 2. The first-order valence-corrected chi connectivity index (χ1v) is 22.1. The summed E-state index contributed by atoms with van der Waals surface area (Å²) in [5, 5.41) is 0.0390. The second kappa shape index (κ2) is 21.3. The van der Waals surface area contributed by atoms with Crippen molar-refractivity contribution < 1.29 is 47.2 Å². The van der Waals surface area contributed by atoms with Crippen molar-refractivity contribution >= 4 is 20.2 Å². The molecule has 3 rings (SSSR count). The average molecular weight is 762 g/mol. The van der Waals surface area contributed by atoms with Crippen LogP contribution in [0.25, 0.3) is 0 Å². The summed E-state index contributed by atoms with van der Waals surface area (Å²) >= 11 is 0. The number of amides is 1. The van der Waals surface area contributed by atoms with Gasteiger partial charge in [-0.05, 0) is 80.8 Å². The molecule has 1 amide bonds. The second-order valence-electron chi connectivity index (χ2n) is 15.7. The number of esters is 1. The Bertz CT molecular complexity index is 1320. The minimum Gasteiger partial charge on any atom is -0.493 e. The fraction of sp³-hybridized carbons (Fsp3) is 0.707. The third kappa shape index (κ3) is 12.3. The zero-order valence-electron chi connectivity index (χ0n) is 33.9. The van der Waals surface area contributed by atoms with Crippen LogP contribution in [0.15, 0.2) is 37.4 Å². The van der Waals surface area contributed by atoms with Crippen molar-refractivity contribution in [2.75, 3.05) is 54.5 Å². The summed E-state index contributed by atoms with van der Waals surface area (Å²) in [5.74, 6) is 0.366. The molecule has 53 heavy (non-hydrogen) atoms. The van der Waals surface area contributed by atoms with Gasteiger partial charge in [-0.15, -0.1) is 13.2 Å². The van der Waals surface area contributed by atoms with Crippen LogP contribution >= 0.6 is 0 Å². The third-order valence-corrected chi connectivity index (χ3v) is 15.5. The largest absolute Gasteiger partial charge is 0.493 e. The monoisotopic (exact) mass is 761 g/mol. The van der Waals surface area contributed by atoms with Crippen molar-refractivity contribution in [1.82, 2.24) is 4.90 Å². The van der Waals surface area contributed by atoms with Crippen molar-refractivity contribution in [1.29, 1.82) is 0 Å². The maximum atomic E-state index is 14.9. The van der Waals surface area contributed by atoms with Gasteiger partial charge < -0.3 is 42.5 Å². The predicted octanol–water partition coefficient (Wildman–Crippen LogP) is 7.83. The number of likely N-dealkylation sites (tertiary alicyclic amines) is 1. The van der Waals surface area contributed by atoms with Crippen LogP contribution in [0.3, 0.4) is 0 Å². The smallest absolute Gasteiger partial charge is 0.329 e. The highest BCUT2D eigenvalue weighted by molar-refractivity contribution is 6.74. The SMILES string of the molecule is C=CCO[C@@H](COc1cc([C@@H](C(=O)N2CCCC[C@H]2C(=O)O[C@H](C)[C@H](C=C)OCOC)C2CCCCC2)cc(OC)c1OC)CO[Si](C)(C)C(C)(C)C. The molecule has 11 nitrogen and oxygen atoms in total. The molecule has 0 aromatic heterocycles. The molecule has 1 heterocycles. The van der Waals surface area contributed by atoms with E-state index in [1.54, 1.807) is 38.2 Å². The van der Waals surface area contributed by atoms with Gasteiger partial charge in [0.2, 0.25) is 11.7 Å². The minimum absolute atomic E-state index is 0.0390. The Morgan fingerprint density at radius 1 is 0.943 bits per heavy atom. The number of carbonyl (C=O) groups is 2. The Balaban J connectivity index is 1.97. The molecule has 0 spiro atoms. The van der Waals surface area contributed by atoms with Gasteiger partial charge in [-0.2, -0.15) is 0 Å². The number of hydrogen-bond donors (Lipinski definition) is 0. The van der Waals surface area contributed by atoms with E-state index in [9.17, 15) is 9.59 Å². The van der Waals surface area contributed by atoms with Crippen LogP contribution in [0.2, 0.25) is 18.1 Å². The lowest BCUT2D eigenvalue weighted by atomic mass is 9.75. The molecule has 1 aromatic carbocycles. The molecule has 1 saturated heterocycles. The van der Waals surface area contributed by atoms with E-state index >= 15 is 0 Å². The van der Waals surface area contributed by atoms with Crippen LogP contribution in [0.5, 0.6) is 17.2 Å². The quantitative estimate of drug-likeness (QED) is 0.0532. The Kier molecular flexibility index (Phi) is 17.8. The van der Waals surface area contributed by atoms with E-state index in [-0.39, 0.29) is 36.4 Å². The molecule has 5 atom stereocenters. The highest BCUT2D eigenvalue weighted by atomic mass is 28.4. The van der Waals surface area contributed by atoms with E-state index in [4.69, 9.17) is 37.6 Å². The molecule has 1 aromatic rings. The predicted molar refractivity (Wildman–Crippen MR) is 209 cm³/mol. The van der Waals surface area contributed by atoms with Gasteiger partial charge in [0, 0.05) is 13.7 Å². The number of hydrogen-bond acceptors (Lipinski definition) is 10. The summed E-state index contributed by atoms with van der Waals surface area (Å²) in [6.45, 7) is 21.8. The molecule has 0 N–H and O–H groups in total. The minimum atomic E-state index is -2.05. The van der Waals surface area contributed by atoms with E-state index in [1.165, 1.54) is 7.11 Å². The van der Waals surface area contributed by atoms with Gasteiger partial charge in [0.15, 0.2) is 19.8 Å².